The number of carbonyl (C=O) groups excluding carboxylic acids is 1. The number of ether oxygens (including phenoxy) is 1. The molecule has 4 nitrogen and oxygen atoms in total. The van der Waals surface area contributed by atoms with Crippen LogP contribution in [0.2, 0.25) is 0 Å². The van der Waals surface area contributed by atoms with E-state index in [1.807, 2.05) is 6.08 Å². The van der Waals surface area contributed by atoms with Crippen molar-refractivity contribution in [3.05, 3.63) is 35.5 Å². The zero-order chi connectivity index (χ0) is 22.1. The van der Waals surface area contributed by atoms with Crippen molar-refractivity contribution in [3.63, 3.8) is 0 Å². The van der Waals surface area contributed by atoms with Gasteiger partial charge in [0.2, 0.25) is 0 Å². The van der Waals surface area contributed by atoms with Crippen LogP contribution in [0.15, 0.2) is 35.5 Å². The van der Waals surface area contributed by atoms with E-state index in [0.29, 0.717) is 24.2 Å². The summed E-state index contributed by atoms with van der Waals surface area (Å²) in [5.74, 6) is 1.50. The van der Waals surface area contributed by atoms with E-state index in [9.17, 15) is 15.0 Å². The number of carbonyl (C=O) groups is 1. The Balaban J connectivity index is 1.80. The molecule has 0 aromatic carbocycles. The van der Waals surface area contributed by atoms with Crippen molar-refractivity contribution >= 4 is 5.97 Å². The number of methoxy groups -OCH3 is 1. The van der Waals surface area contributed by atoms with Crippen LogP contribution >= 0.6 is 0 Å². The van der Waals surface area contributed by atoms with Gasteiger partial charge in [-0.2, -0.15) is 0 Å². The molecule has 2 fully saturated rings. The first kappa shape index (κ1) is 24.9. The minimum absolute atomic E-state index is 0.144. The van der Waals surface area contributed by atoms with Crippen LogP contribution in [0.3, 0.4) is 0 Å². The summed E-state index contributed by atoms with van der Waals surface area (Å²) in [6, 6.07) is 0. The van der Waals surface area contributed by atoms with Crippen molar-refractivity contribution in [2.45, 2.75) is 90.8 Å². The molecule has 0 spiro atoms. The summed E-state index contributed by atoms with van der Waals surface area (Å²) in [5, 5.41) is 21.0. The van der Waals surface area contributed by atoms with E-state index >= 15 is 0 Å². The normalized spacial score (nSPS) is 29.2. The average Bonchev–Trinajstić information content (AvgIpc) is 3.19. The van der Waals surface area contributed by atoms with E-state index in [0.717, 1.165) is 51.4 Å². The molecule has 2 rings (SSSR count). The quantitative estimate of drug-likeness (QED) is 0.269. The van der Waals surface area contributed by atoms with Gasteiger partial charge >= 0.3 is 5.97 Å². The Bertz CT molecular complexity index is 629. The third-order valence-electron chi connectivity index (χ3n) is 6.77. The average molecular weight is 419 g/mol. The first-order chi connectivity index (χ1) is 14.3. The fourth-order valence-electron chi connectivity index (χ4n) is 5.12. The van der Waals surface area contributed by atoms with Crippen LogP contribution in [0.25, 0.3) is 0 Å². The Morgan fingerprint density at radius 1 is 1.27 bits per heavy atom. The molecule has 2 aliphatic carbocycles. The van der Waals surface area contributed by atoms with Crippen LogP contribution in [0.1, 0.15) is 78.6 Å². The lowest BCUT2D eigenvalue weighted by Crippen LogP contribution is -2.18. The molecule has 0 amide bonds. The minimum Gasteiger partial charge on any atom is -0.469 e. The van der Waals surface area contributed by atoms with Crippen molar-refractivity contribution in [1.29, 1.82) is 0 Å². The van der Waals surface area contributed by atoms with Crippen LogP contribution < -0.4 is 0 Å². The Kier molecular flexibility index (Phi) is 10.3. The molecule has 2 saturated carbocycles. The van der Waals surface area contributed by atoms with Crippen LogP contribution in [-0.4, -0.2) is 35.5 Å². The predicted octanol–water partition coefficient (Wildman–Crippen LogP) is 5.35. The molecule has 0 radical (unpaired) electrons. The monoisotopic (exact) mass is 418 g/mol. The first-order valence-corrected chi connectivity index (χ1v) is 11.7. The number of rotatable bonds is 11. The summed E-state index contributed by atoms with van der Waals surface area (Å²) in [6.07, 6.45) is 15.9. The Morgan fingerprint density at radius 2 is 2.03 bits per heavy atom. The molecule has 2 N–H and O–H groups in total. The fraction of sp³-hybridized carbons (Fsp3) is 0.731. The van der Waals surface area contributed by atoms with Gasteiger partial charge in [-0.15, -0.1) is 0 Å². The van der Waals surface area contributed by atoms with Gasteiger partial charge in [0.1, 0.15) is 0 Å². The molecule has 0 aromatic heterocycles. The maximum absolute atomic E-state index is 11.2. The van der Waals surface area contributed by atoms with E-state index in [2.05, 4.69) is 43.7 Å². The molecule has 170 valence electrons. The Morgan fingerprint density at radius 3 is 2.73 bits per heavy atom. The topological polar surface area (TPSA) is 66.8 Å². The molecule has 4 heteroatoms. The molecule has 2 aliphatic rings. The lowest BCUT2D eigenvalue weighted by molar-refractivity contribution is -0.140. The van der Waals surface area contributed by atoms with Gasteiger partial charge in [-0.05, 0) is 83.0 Å². The van der Waals surface area contributed by atoms with Gasteiger partial charge in [0.05, 0.1) is 19.3 Å². The van der Waals surface area contributed by atoms with Crippen molar-refractivity contribution in [2.75, 3.05) is 7.11 Å². The van der Waals surface area contributed by atoms with Gasteiger partial charge in [0, 0.05) is 12.3 Å². The van der Waals surface area contributed by atoms with Crippen molar-refractivity contribution in [1.82, 2.24) is 0 Å². The summed E-state index contributed by atoms with van der Waals surface area (Å²) in [4.78, 5) is 11.2. The zero-order valence-electron chi connectivity index (χ0n) is 19.3. The van der Waals surface area contributed by atoms with Gasteiger partial charge < -0.3 is 14.9 Å². The molecule has 0 heterocycles. The highest BCUT2D eigenvalue weighted by molar-refractivity contribution is 5.69. The zero-order valence-corrected chi connectivity index (χ0v) is 19.3. The van der Waals surface area contributed by atoms with E-state index in [1.54, 1.807) is 0 Å². The van der Waals surface area contributed by atoms with Crippen molar-refractivity contribution < 1.29 is 19.7 Å². The molecular formula is C26H42O4. The summed E-state index contributed by atoms with van der Waals surface area (Å²) in [7, 11) is 1.43. The number of hydrogen-bond acceptors (Lipinski definition) is 4. The highest BCUT2D eigenvalue weighted by atomic mass is 16.5. The van der Waals surface area contributed by atoms with Crippen molar-refractivity contribution in [2.24, 2.45) is 23.7 Å². The molecule has 0 aromatic rings. The van der Waals surface area contributed by atoms with Crippen LogP contribution in [-0.2, 0) is 9.53 Å². The summed E-state index contributed by atoms with van der Waals surface area (Å²) in [6.45, 7) is 6.44. The highest BCUT2D eigenvalue weighted by Crippen LogP contribution is 2.50. The summed E-state index contributed by atoms with van der Waals surface area (Å²) in [5.41, 5.74) is 2.81. The van der Waals surface area contributed by atoms with Gasteiger partial charge in [-0.25, -0.2) is 0 Å². The van der Waals surface area contributed by atoms with Crippen LogP contribution in [0.4, 0.5) is 0 Å². The van der Waals surface area contributed by atoms with E-state index < -0.39 is 6.10 Å². The third kappa shape index (κ3) is 8.03. The number of aliphatic hydroxyl groups is 2. The first-order valence-electron chi connectivity index (χ1n) is 11.7. The fourth-order valence-corrected chi connectivity index (χ4v) is 5.12. The smallest absolute Gasteiger partial charge is 0.305 e. The molecule has 0 saturated heterocycles. The van der Waals surface area contributed by atoms with Gasteiger partial charge in [0.15, 0.2) is 0 Å². The van der Waals surface area contributed by atoms with Crippen molar-refractivity contribution in [3.8, 4) is 0 Å². The number of allylic oxidation sites excluding steroid dienone is 4. The Labute approximate surface area is 183 Å². The van der Waals surface area contributed by atoms with E-state index in [1.165, 1.54) is 18.3 Å². The van der Waals surface area contributed by atoms with Gasteiger partial charge in [-0.3, -0.25) is 4.79 Å². The van der Waals surface area contributed by atoms with E-state index in [-0.39, 0.29) is 18.0 Å². The number of fused-ring (bicyclic) bond motifs is 1. The molecule has 0 bridgehead atoms. The second-order valence-electron chi connectivity index (χ2n) is 9.70. The number of esters is 1. The lowest BCUT2D eigenvalue weighted by Gasteiger charge is -2.18. The number of unbranched alkanes of at least 4 members (excludes halogenated alkanes) is 1. The third-order valence-corrected chi connectivity index (χ3v) is 6.77. The molecular weight excluding hydrogens is 376 g/mol. The van der Waals surface area contributed by atoms with E-state index in [4.69, 9.17) is 0 Å². The standard InChI is InChI=1S/C26H42O4/c1-18(2)8-7-9-19(3)14-22(27)12-13-23-24-16-20(15-21(24)17-25(23)28)10-5-6-11-26(29)30-4/h8,10,12-13,19,21-25,27-28H,5-7,9,11,14-17H2,1-4H3/t19-,21+,22-,23+,24+,25-/m1/s1. The maximum atomic E-state index is 11.2. The van der Waals surface area contributed by atoms with Crippen LogP contribution in [0, 0.1) is 23.7 Å². The van der Waals surface area contributed by atoms with Gasteiger partial charge in [-0.1, -0.05) is 42.4 Å². The second-order valence-corrected chi connectivity index (χ2v) is 9.70. The predicted molar refractivity (Wildman–Crippen MR) is 122 cm³/mol. The molecule has 6 atom stereocenters. The molecule has 30 heavy (non-hydrogen) atoms. The summed E-state index contributed by atoms with van der Waals surface area (Å²) < 4.78 is 4.69. The number of hydrogen-bond donors (Lipinski definition) is 2. The maximum Gasteiger partial charge on any atom is 0.305 e. The SMILES string of the molecule is COC(=O)CCCC=C1C[C@H]2C[C@@H](O)[C@@H](C=C[C@@H](O)C[C@H](C)CCC=C(C)C)[C@H]2C1. The van der Waals surface area contributed by atoms with Crippen LogP contribution in [0.5, 0.6) is 0 Å². The minimum atomic E-state index is -0.437. The lowest BCUT2D eigenvalue weighted by atomic mass is 9.89. The number of aliphatic hydroxyl groups excluding tert-OH is 2. The Hall–Kier alpha value is -1.39. The molecule has 0 aliphatic heterocycles. The summed E-state index contributed by atoms with van der Waals surface area (Å²) >= 11 is 0. The van der Waals surface area contributed by atoms with Gasteiger partial charge in [0.25, 0.3) is 0 Å². The highest BCUT2D eigenvalue weighted by Gasteiger charge is 2.44. The second kappa shape index (κ2) is 12.5. The molecule has 0 unspecified atom stereocenters. The largest absolute Gasteiger partial charge is 0.469 e.